The van der Waals surface area contributed by atoms with Crippen LogP contribution in [0.1, 0.15) is 35.6 Å². The largest absolute Gasteiger partial charge is 0.354 e. The number of amides is 2. The van der Waals surface area contributed by atoms with Gasteiger partial charge in [0.25, 0.3) is 0 Å². The topological polar surface area (TPSA) is 86.8 Å². The fourth-order valence-electron chi connectivity index (χ4n) is 4.44. The van der Waals surface area contributed by atoms with Crippen LogP contribution in [0.5, 0.6) is 0 Å². The van der Waals surface area contributed by atoms with Crippen LogP contribution in [0.15, 0.2) is 72.8 Å². The average molecular weight is 554 g/mol. The maximum Gasteiger partial charge on any atom is 0.244 e. The van der Waals surface area contributed by atoms with Gasteiger partial charge in [-0.25, -0.2) is 12.8 Å². The van der Waals surface area contributed by atoms with E-state index in [1.165, 1.54) is 11.0 Å². The second-order valence-corrected chi connectivity index (χ2v) is 11.6. The summed E-state index contributed by atoms with van der Waals surface area (Å²) < 4.78 is 41.6. The number of rotatable bonds is 12. The lowest BCUT2D eigenvalue weighted by atomic mass is 10.0. The van der Waals surface area contributed by atoms with Gasteiger partial charge in [0.2, 0.25) is 21.8 Å². The van der Waals surface area contributed by atoms with Crippen molar-refractivity contribution >= 4 is 27.5 Å². The van der Waals surface area contributed by atoms with Crippen LogP contribution in [0.3, 0.4) is 0 Å². The Balaban J connectivity index is 2.07. The number of nitrogens with zero attached hydrogens (tertiary/aromatic N) is 2. The molecular weight excluding hydrogens is 517 g/mol. The van der Waals surface area contributed by atoms with E-state index < -0.39 is 34.3 Å². The number of hydrogen-bond donors (Lipinski definition) is 1. The van der Waals surface area contributed by atoms with Crippen LogP contribution in [0.4, 0.5) is 10.1 Å². The summed E-state index contributed by atoms with van der Waals surface area (Å²) in [6.07, 6.45) is 1.91. The van der Waals surface area contributed by atoms with Gasteiger partial charge in [-0.15, -0.1) is 0 Å². The molecule has 39 heavy (non-hydrogen) atoms. The third-order valence-electron chi connectivity index (χ3n) is 6.29. The van der Waals surface area contributed by atoms with Crippen LogP contribution in [-0.2, 0) is 32.6 Å². The lowest BCUT2D eigenvalue weighted by Crippen LogP contribution is -2.53. The van der Waals surface area contributed by atoms with E-state index in [-0.39, 0.29) is 24.4 Å². The van der Waals surface area contributed by atoms with Gasteiger partial charge in [0.05, 0.1) is 11.9 Å². The molecule has 0 heterocycles. The summed E-state index contributed by atoms with van der Waals surface area (Å²) in [4.78, 5) is 28.7. The van der Waals surface area contributed by atoms with Gasteiger partial charge in [0.1, 0.15) is 18.4 Å². The van der Waals surface area contributed by atoms with Crippen molar-refractivity contribution in [2.45, 2.75) is 46.2 Å². The highest BCUT2D eigenvalue weighted by molar-refractivity contribution is 7.92. The highest BCUT2D eigenvalue weighted by Gasteiger charge is 2.33. The SMILES string of the molecule is CCCNC(=O)[C@@H](Cc1ccccc1)N(Cc1ccccc1F)C(=O)CN(c1cc(C)cc(C)c1)S(C)(=O)=O. The molecule has 7 nitrogen and oxygen atoms in total. The molecule has 0 bridgehead atoms. The third kappa shape index (κ3) is 8.38. The molecule has 3 rings (SSSR count). The van der Waals surface area contributed by atoms with E-state index in [1.807, 2.05) is 57.2 Å². The van der Waals surface area contributed by atoms with E-state index in [9.17, 15) is 22.4 Å². The summed E-state index contributed by atoms with van der Waals surface area (Å²) in [7, 11) is -3.87. The van der Waals surface area contributed by atoms with Gasteiger partial charge in [0, 0.05) is 25.1 Å². The normalized spacial score (nSPS) is 12.0. The maximum absolute atomic E-state index is 14.8. The molecule has 0 aromatic heterocycles. The molecule has 0 fully saturated rings. The molecule has 1 atom stereocenters. The van der Waals surface area contributed by atoms with Crippen molar-refractivity contribution in [3.8, 4) is 0 Å². The Morgan fingerprint density at radius 3 is 2.15 bits per heavy atom. The molecule has 0 aliphatic carbocycles. The van der Waals surface area contributed by atoms with Crippen LogP contribution < -0.4 is 9.62 Å². The molecule has 2 amide bonds. The molecule has 3 aromatic carbocycles. The number of anilines is 1. The molecule has 0 aliphatic heterocycles. The van der Waals surface area contributed by atoms with E-state index in [2.05, 4.69) is 5.32 Å². The molecule has 0 aliphatic rings. The summed E-state index contributed by atoms with van der Waals surface area (Å²) in [5.41, 5.74) is 3.08. The number of aryl methyl sites for hydroxylation is 2. The Hall–Kier alpha value is -3.72. The second-order valence-electron chi connectivity index (χ2n) is 9.73. The van der Waals surface area contributed by atoms with Crippen molar-refractivity contribution in [2.75, 3.05) is 23.7 Å². The second kappa shape index (κ2) is 13.4. The standard InChI is InChI=1S/C30H36FN3O4S/c1-5-15-32-30(36)28(19-24-11-7-6-8-12-24)33(20-25-13-9-10-14-27(25)31)29(35)21-34(39(4,37)38)26-17-22(2)16-23(3)18-26/h6-14,16-18,28H,5,15,19-21H2,1-4H3,(H,32,36)/t28-/m1/s1. The average Bonchev–Trinajstić information content (AvgIpc) is 2.88. The maximum atomic E-state index is 14.8. The minimum Gasteiger partial charge on any atom is -0.354 e. The zero-order chi connectivity index (χ0) is 28.6. The van der Waals surface area contributed by atoms with Gasteiger partial charge in [-0.1, -0.05) is 61.5 Å². The number of carbonyl (C=O) groups is 2. The number of halogens is 1. The molecular formula is C30H36FN3O4S. The van der Waals surface area contributed by atoms with Crippen molar-refractivity contribution in [1.82, 2.24) is 10.2 Å². The summed E-state index contributed by atoms with van der Waals surface area (Å²) in [6.45, 7) is 5.27. The van der Waals surface area contributed by atoms with Crippen LogP contribution in [-0.4, -0.2) is 50.5 Å². The van der Waals surface area contributed by atoms with Crippen molar-refractivity contribution in [2.24, 2.45) is 0 Å². The minimum absolute atomic E-state index is 0.180. The Morgan fingerprint density at radius 2 is 1.56 bits per heavy atom. The minimum atomic E-state index is -3.87. The first-order valence-electron chi connectivity index (χ1n) is 12.9. The fraction of sp³-hybridized carbons (Fsp3) is 0.333. The van der Waals surface area contributed by atoms with Gasteiger partial charge in [-0.05, 0) is 55.2 Å². The molecule has 208 valence electrons. The lowest BCUT2D eigenvalue weighted by molar-refractivity contribution is -0.140. The molecule has 9 heteroatoms. The molecule has 0 spiro atoms. The Bertz CT molecular complexity index is 1380. The lowest BCUT2D eigenvalue weighted by Gasteiger charge is -2.33. The fourth-order valence-corrected chi connectivity index (χ4v) is 5.27. The summed E-state index contributed by atoms with van der Waals surface area (Å²) in [5, 5.41) is 2.86. The van der Waals surface area contributed by atoms with Gasteiger partial charge in [-0.2, -0.15) is 0 Å². The van der Waals surface area contributed by atoms with Crippen molar-refractivity contribution < 1.29 is 22.4 Å². The van der Waals surface area contributed by atoms with E-state index >= 15 is 0 Å². The molecule has 3 aromatic rings. The predicted molar refractivity (Wildman–Crippen MR) is 152 cm³/mol. The van der Waals surface area contributed by atoms with Gasteiger partial charge < -0.3 is 10.2 Å². The zero-order valence-corrected chi connectivity index (χ0v) is 23.7. The van der Waals surface area contributed by atoms with Gasteiger partial charge in [-0.3, -0.25) is 13.9 Å². The van der Waals surface area contributed by atoms with Crippen molar-refractivity contribution in [3.05, 3.63) is 101 Å². The molecule has 0 unspecified atom stereocenters. The van der Waals surface area contributed by atoms with E-state index in [0.29, 0.717) is 18.7 Å². The molecule has 0 radical (unpaired) electrons. The van der Waals surface area contributed by atoms with Crippen molar-refractivity contribution in [1.29, 1.82) is 0 Å². The Labute approximate surface area is 230 Å². The summed E-state index contributed by atoms with van der Waals surface area (Å²) >= 11 is 0. The highest BCUT2D eigenvalue weighted by Crippen LogP contribution is 2.23. The van der Waals surface area contributed by atoms with E-state index in [4.69, 9.17) is 0 Å². The van der Waals surface area contributed by atoms with Crippen LogP contribution in [0.2, 0.25) is 0 Å². The Kier molecular flexibility index (Phi) is 10.2. The molecule has 0 saturated heterocycles. The zero-order valence-electron chi connectivity index (χ0n) is 22.9. The predicted octanol–water partition coefficient (Wildman–Crippen LogP) is 4.37. The van der Waals surface area contributed by atoms with Crippen molar-refractivity contribution in [3.63, 3.8) is 0 Å². The van der Waals surface area contributed by atoms with E-state index in [1.54, 1.807) is 30.3 Å². The third-order valence-corrected chi connectivity index (χ3v) is 7.43. The number of hydrogen-bond acceptors (Lipinski definition) is 4. The quantitative estimate of drug-likeness (QED) is 0.361. The number of carbonyl (C=O) groups excluding carboxylic acids is 2. The Morgan fingerprint density at radius 1 is 0.949 bits per heavy atom. The number of benzene rings is 3. The van der Waals surface area contributed by atoms with E-state index in [0.717, 1.165) is 27.3 Å². The molecule has 1 N–H and O–H groups in total. The highest BCUT2D eigenvalue weighted by atomic mass is 32.2. The van der Waals surface area contributed by atoms with Gasteiger partial charge in [0.15, 0.2) is 0 Å². The smallest absolute Gasteiger partial charge is 0.244 e. The summed E-state index contributed by atoms with van der Waals surface area (Å²) in [5.74, 6) is -1.52. The first-order valence-corrected chi connectivity index (χ1v) is 14.7. The number of sulfonamides is 1. The van der Waals surface area contributed by atoms with Crippen LogP contribution in [0.25, 0.3) is 0 Å². The monoisotopic (exact) mass is 553 g/mol. The first-order chi connectivity index (χ1) is 18.5. The molecule has 0 saturated carbocycles. The van der Waals surface area contributed by atoms with Crippen LogP contribution >= 0.6 is 0 Å². The van der Waals surface area contributed by atoms with Crippen LogP contribution in [0, 0.1) is 19.7 Å². The summed E-state index contributed by atoms with van der Waals surface area (Å²) in [6, 6.07) is 19.6. The van der Waals surface area contributed by atoms with Gasteiger partial charge >= 0.3 is 0 Å². The number of nitrogens with one attached hydrogen (secondary N) is 1. The first kappa shape index (κ1) is 29.8.